The number of anilines is 2. The number of hydrogen-bond acceptors (Lipinski definition) is 5. The Morgan fingerprint density at radius 2 is 2.12 bits per heavy atom. The van der Waals surface area contributed by atoms with Gasteiger partial charge in [0.05, 0.1) is 6.61 Å². The summed E-state index contributed by atoms with van der Waals surface area (Å²) in [4.78, 5) is 7.85. The SMILES string of the molecule is Nc1ncnc(NCC2(CO)CCCC2)c1Cl. The molecular weight excluding hydrogens is 240 g/mol. The van der Waals surface area contributed by atoms with Crippen molar-refractivity contribution in [2.45, 2.75) is 25.7 Å². The molecule has 0 saturated heterocycles. The fourth-order valence-corrected chi connectivity index (χ4v) is 2.46. The molecule has 0 unspecified atom stereocenters. The lowest BCUT2D eigenvalue weighted by molar-refractivity contribution is 0.142. The maximum atomic E-state index is 9.49. The summed E-state index contributed by atoms with van der Waals surface area (Å²) < 4.78 is 0. The third kappa shape index (κ3) is 2.61. The molecule has 17 heavy (non-hydrogen) atoms. The average Bonchev–Trinajstić information content (AvgIpc) is 2.81. The van der Waals surface area contributed by atoms with Crippen LogP contribution in [0.15, 0.2) is 6.33 Å². The molecule has 5 nitrogen and oxygen atoms in total. The van der Waals surface area contributed by atoms with E-state index in [4.69, 9.17) is 17.3 Å². The van der Waals surface area contributed by atoms with Gasteiger partial charge in [-0.3, -0.25) is 0 Å². The highest BCUT2D eigenvalue weighted by Gasteiger charge is 2.33. The summed E-state index contributed by atoms with van der Waals surface area (Å²) in [5.74, 6) is 0.813. The van der Waals surface area contributed by atoms with Crippen LogP contribution < -0.4 is 11.1 Å². The standard InChI is InChI=1S/C11H17ClN4O/c12-8-9(13)15-7-16-10(8)14-5-11(6-17)3-1-2-4-11/h7,17H,1-6H2,(H3,13,14,15,16). The topological polar surface area (TPSA) is 84.1 Å². The van der Waals surface area contributed by atoms with Gasteiger partial charge in [-0.15, -0.1) is 0 Å². The van der Waals surface area contributed by atoms with Crippen LogP contribution in [-0.2, 0) is 0 Å². The predicted octanol–water partition coefficient (Wildman–Crippen LogP) is 1.68. The van der Waals surface area contributed by atoms with Gasteiger partial charge in [-0.25, -0.2) is 9.97 Å². The van der Waals surface area contributed by atoms with Crippen molar-refractivity contribution >= 4 is 23.2 Å². The molecule has 1 aliphatic carbocycles. The zero-order valence-electron chi connectivity index (χ0n) is 9.62. The Morgan fingerprint density at radius 1 is 1.41 bits per heavy atom. The van der Waals surface area contributed by atoms with Gasteiger partial charge in [0.1, 0.15) is 23.0 Å². The van der Waals surface area contributed by atoms with Crippen LogP contribution in [0.2, 0.25) is 5.02 Å². The molecule has 4 N–H and O–H groups in total. The summed E-state index contributed by atoms with van der Waals surface area (Å²) in [6.45, 7) is 0.859. The molecule has 0 aliphatic heterocycles. The molecule has 0 bridgehead atoms. The molecule has 1 saturated carbocycles. The minimum atomic E-state index is -0.0387. The Hall–Kier alpha value is -1.07. The number of hydrogen-bond donors (Lipinski definition) is 3. The van der Waals surface area contributed by atoms with E-state index in [0.29, 0.717) is 17.4 Å². The molecule has 94 valence electrons. The van der Waals surface area contributed by atoms with E-state index in [1.54, 1.807) is 0 Å². The third-order valence-corrected chi connectivity index (χ3v) is 3.82. The first-order chi connectivity index (χ1) is 8.17. The van der Waals surface area contributed by atoms with Crippen LogP contribution in [-0.4, -0.2) is 28.2 Å². The molecule has 1 heterocycles. The van der Waals surface area contributed by atoms with Crippen molar-refractivity contribution in [2.75, 3.05) is 24.2 Å². The number of nitrogen functional groups attached to an aromatic ring is 1. The number of aliphatic hydroxyl groups is 1. The summed E-state index contributed by atoms with van der Waals surface area (Å²) in [6.07, 6.45) is 5.79. The van der Waals surface area contributed by atoms with Gasteiger partial charge >= 0.3 is 0 Å². The normalized spacial score (nSPS) is 18.2. The molecule has 0 aromatic carbocycles. The van der Waals surface area contributed by atoms with E-state index in [1.165, 1.54) is 19.2 Å². The van der Waals surface area contributed by atoms with Gasteiger partial charge in [0, 0.05) is 12.0 Å². The van der Waals surface area contributed by atoms with Gasteiger partial charge in [-0.05, 0) is 12.8 Å². The van der Waals surface area contributed by atoms with Crippen molar-refractivity contribution in [3.05, 3.63) is 11.3 Å². The van der Waals surface area contributed by atoms with Crippen LogP contribution in [0, 0.1) is 5.41 Å². The number of nitrogens with two attached hydrogens (primary N) is 1. The van der Waals surface area contributed by atoms with E-state index in [2.05, 4.69) is 15.3 Å². The van der Waals surface area contributed by atoms with Gasteiger partial charge in [-0.2, -0.15) is 0 Å². The number of nitrogens with zero attached hydrogens (tertiary/aromatic N) is 2. The Morgan fingerprint density at radius 3 is 2.76 bits per heavy atom. The molecule has 1 aliphatic rings. The first-order valence-electron chi connectivity index (χ1n) is 5.78. The molecule has 0 radical (unpaired) electrons. The van der Waals surface area contributed by atoms with Crippen LogP contribution in [0.25, 0.3) is 0 Å². The summed E-state index contributed by atoms with van der Waals surface area (Å²) in [7, 11) is 0. The second-order valence-corrected chi connectivity index (χ2v) is 5.02. The summed E-state index contributed by atoms with van der Waals surface area (Å²) in [5, 5.41) is 13.0. The van der Waals surface area contributed by atoms with Crippen LogP contribution in [0.5, 0.6) is 0 Å². The molecule has 1 fully saturated rings. The predicted molar refractivity (Wildman–Crippen MR) is 67.9 cm³/mol. The Labute approximate surface area is 105 Å². The molecule has 1 aromatic rings. The van der Waals surface area contributed by atoms with E-state index >= 15 is 0 Å². The number of aliphatic hydroxyl groups excluding tert-OH is 1. The van der Waals surface area contributed by atoms with Crippen LogP contribution in [0.4, 0.5) is 11.6 Å². The molecular formula is C11H17ClN4O. The van der Waals surface area contributed by atoms with Gasteiger partial charge in [0.2, 0.25) is 0 Å². The number of halogens is 1. The Balaban J connectivity index is 2.04. The molecule has 6 heteroatoms. The monoisotopic (exact) mass is 256 g/mol. The van der Waals surface area contributed by atoms with Gasteiger partial charge in [0.25, 0.3) is 0 Å². The Bertz CT molecular complexity index is 393. The third-order valence-electron chi connectivity index (χ3n) is 3.45. The van der Waals surface area contributed by atoms with Gasteiger partial charge < -0.3 is 16.2 Å². The van der Waals surface area contributed by atoms with E-state index < -0.39 is 0 Å². The number of aromatic nitrogens is 2. The van der Waals surface area contributed by atoms with Crippen molar-refractivity contribution in [2.24, 2.45) is 5.41 Å². The fourth-order valence-electron chi connectivity index (χ4n) is 2.29. The smallest absolute Gasteiger partial charge is 0.150 e. The number of nitrogens with one attached hydrogen (secondary N) is 1. The van der Waals surface area contributed by atoms with E-state index in [9.17, 15) is 5.11 Å². The fraction of sp³-hybridized carbons (Fsp3) is 0.636. The van der Waals surface area contributed by atoms with Gasteiger partial charge in [-0.1, -0.05) is 24.4 Å². The quantitative estimate of drug-likeness (QED) is 0.763. The largest absolute Gasteiger partial charge is 0.396 e. The van der Waals surface area contributed by atoms with Crippen LogP contribution in [0.1, 0.15) is 25.7 Å². The summed E-state index contributed by atoms with van der Waals surface area (Å²) >= 11 is 5.99. The molecule has 0 atom stereocenters. The van der Waals surface area contributed by atoms with E-state index in [0.717, 1.165) is 12.8 Å². The van der Waals surface area contributed by atoms with E-state index in [1.807, 2.05) is 0 Å². The highest BCUT2D eigenvalue weighted by atomic mass is 35.5. The first-order valence-corrected chi connectivity index (χ1v) is 6.15. The second kappa shape index (κ2) is 5.06. The summed E-state index contributed by atoms with van der Waals surface area (Å²) in [6, 6.07) is 0. The van der Waals surface area contributed by atoms with Crippen LogP contribution in [0.3, 0.4) is 0 Å². The minimum absolute atomic E-state index is 0.0387. The maximum Gasteiger partial charge on any atom is 0.150 e. The summed E-state index contributed by atoms with van der Waals surface area (Å²) in [5.41, 5.74) is 5.56. The van der Waals surface area contributed by atoms with Crippen molar-refractivity contribution in [1.29, 1.82) is 0 Å². The van der Waals surface area contributed by atoms with Crippen LogP contribution >= 0.6 is 11.6 Å². The van der Waals surface area contributed by atoms with Crippen molar-refractivity contribution in [3.63, 3.8) is 0 Å². The lowest BCUT2D eigenvalue weighted by Crippen LogP contribution is -2.30. The number of rotatable bonds is 4. The molecule has 2 rings (SSSR count). The highest BCUT2D eigenvalue weighted by Crippen LogP contribution is 2.38. The van der Waals surface area contributed by atoms with Crippen molar-refractivity contribution in [1.82, 2.24) is 9.97 Å². The van der Waals surface area contributed by atoms with Gasteiger partial charge in [0.15, 0.2) is 0 Å². The highest BCUT2D eigenvalue weighted by molar-refractivity contribution is 6.35. The second-order valence-electron chi connectivity index (χ2n) is 4.64. The lowest BCUT2D eigenvalue weighted by atomic mass is 9.87. The molecule has 1 aromatic heterocycles. The molecule has 0 amide bonds. The zero-order valence-corrected chi connectivity index (χ0v) is 10.4. The maximum absolute atomic E-state index is 9.49. The molecule has 0 spiro atoms. The van der Waals surface area contributed by atoms with Crippen molar-refractivity contribution in [3.8, 4) is 0 Å². The van der Waals surface area contributed by atoms with E-state index in [-0.39, 0.29) is 17.8 Å². The Kier molecular flexibility index (Phi) is 3.69. The first kappa shape index (κ1) is 12.4. The van der Waals surface area contributed by atoms with Crippen molar-refractivity contribution < 1.29 is 5.11 Å². The lowest BCUT2D eigenvalue weighted by Gasteiger charge is -2.27. The average molecular weight is 257 g/mol. The minimum Gasteiger partial charge on any atom is -0.396 e. The zero-order chi connectivity index (χ0) is 12.3.